The van der Waals surface area contributed by atoms with Crippen LogP contribution in [0.25, 0.3) is 0 Å². The van der Waals surface area contributed by atoms with Crippen LogP contribution in [0.5, 0.6) is 11.5 Å². The van der Waals surface area contributed by atoms with Crippen molar-refractivity contribution in [2.45, 2.75) is 113 Å². The van der Waals surface area contributed by atoms with E-state index in [9.17, 15) is 29.1 Å². The van der Waals surface area contributed by atoms with Gasteiger partial charge in [0.15, 0.2) is 17.6 Å². The number of piperidine rings is 2. The van der Waals surface area contributed by atoms with Crippen LogP contribution < -0.4 is 31.2 Å². The Morgan fingerprint density at radius 2 is 1.87 bits per heavy atom. The fraction of sp³-hybridized carbons (Fsp3) is 0.674. The van der Waals surface area contributed by atoms with Crippen LogP contribution in [0.2, 0.25) is 0 Å². The number of carbonyl (C=O) groups is 5. The van der Waals surface area contributed by atoms with Gasteiger partial charge in [-0.25, -0.2) is 4.79 Å². The van der Waals surface area contributed by atoms with E-state index in [1.165, 1.54) is 6.92 Å². The number of unbranched alkanes of at least 4 members (excludes halogenated alkanes) is 1. The van der Waals surface area contributed by atoms with Crippen LogP contribution in [0.4, 0.5) is 4.79 Å². The summed E-state index contributed by atoms with van der Waals surface area (Å²) in [6.45, 7) is 3.12. The van der Waals surface area contributed by atoms with Crippen molar-refractivity contribution in [1.29, 1.82) is 5.41 Å². The molecule has 2 saturated heterocycles. The van der Waals surface area contributed by atoms with Gasteiger partial charge in [-0.3, -0.25) is 24.6 Å². The Morgan fingerprint density at radius 1 is 1.07 bits per heavy atom. The number of amidine groups is 1. The number of rotatable bonds is 21. The van der Waals surface area contributed by atoms with Crippen LogP contribution in [0.3, 0.4) is 0 Å². The van der Waals surface area contributed by atoms with Gasteiger partial charge in [-0.15, -0.1) is 0 Å². The third-order valence-electron chi connectivity index (χ3n) is 13.2. The first kappa shape index (κ1) is 45.7. The Kier molecular flexibility index (Phi) is 15.0. The fourth-order valence-electron chi connectivity index (χ4n) is 10.0. The van der Waals surface area contributed by atoms with Gasteiger partial charge in [-0.2, -0.15) is 0 Å². The van der Waals surface area contributed by atoms with Crippen molar-refractivity contribution in [2.24, 2.45) is 11.7 Å². The van der Waals surface area contributed by atoms with E-state index in [2.05, 4.69) is 20.9 Å². The van der Waals surface area contributed by atoms with E-state index >= 15 is 0 Å². The Balaban J connectivity index is 1.20. The van der Waals surface area contributed by atoms with Crippen molar-refractivity contribution in [2.75, 3.05) is 67.3 Å². The summed E-state index contributed by atoms with van der Waals surface area (Å²) in [5, 5.41) is 28.2. The topological polar surface area (TPSA) is 244 Å². The van der Waals surface area contributed by atoms with Gasteiger partial charge in [0.05, 0.1) is 49.8 Å². The summed E-state index contributed by atoms with van der Waals surface area (Å²) in [6.07, 6.45) is 4.82. The normalized spacial score (nSPS) is 26.5. The van der Waals surface area contributed by atoms with Crippen molar-refractivity contribution in [3.05, 3.63) is 35.1 Å². The van der Waals surface area contributed by atoms with Gasteiger partial charge in [0, 0.05) is 70.5 Å². The van der Waals surface area contributed by atoms with Crippen molar-refractivity contribution >= 4 is 35.4 Å². The number of hydrogen-bond donors (Lipinski definition) is 6. The lowest BCUT2D eigenvalue weighted by Crippen LogP contribution is -2.74. The molecule has 336 valence electrons. The third kappa shape index (κ3) is 9.66. The maximum atomic E-state index is 14.4. The molecular weight excluding hydrogens is 791 g/mol. The molecule has 0 saturated carbocycles. The summed E-state index contributed by atoms with van der Waals surface area (Å²) in [7, 11) is 5.19. The highest BCUT2D eigenvalue weighted by atomic mass is 16.6. The molecule has 5 aliphatic rings. The van der Waals surface area contributed by atoms with Gasteiger partial charge in [0.25, 0.3) is 0 Å². The first-order chi connectivity index (χ1) is 29.2. The van der Waals surface area contributed by atoms with Crippen LogP contribution in [0.15, 0.2) is 24.0 Å². The first-order valence-corrected chi connectivity index (χ1v) is 21.5. The molecule has 2 aliphatic carbocycles. The number of benzene rings is 1. The number of Topliss-reactive ketones (excluding diaryl/α,β-unsaturated/α-hetero) is 1. The number of methoxy groups -OCH3 is 2. The predicted molar refractivity (Wildman–Crippen MR) is 222 cm³/mol. The molecular formula is C43H63N7O11. The van der Waals surface area contributed by atoms with Crippen molar-refractivity contribution in [3.8, 4) is 11.5 Å². The van der Waals surface area contributed by atoms with E-state index in [0.717, 1.165) is 11.1 Å². The number of nitrogens with one attached hydrogen (secondary N) is 4. The summed E-state index contributed by atoms with van der Waals surface area (Å²) in [6, 6.07) is 2.10. The third-order valence-corrected chi connectivity index (χ3v) is 13.2. The monoisotopic (exact) mass is 853 g/mol. The highest BCUT2D eigenvalue weighted by molar-refractivity contribution is 5.90. The predicted octanol–water partition coefficient (Wildman–Crippen LogP) is 1.44. The molecule has 2 unspecified atom stereocenters. The van der Waals surface area contributed by atoms with Crippen LogP contribution in [-0.2, 0) is 45.2 Å². The molecule has 18 heteroatoms. The lowest BCUT2D eigenvalue weighted by Gasteiger charge is -2.61. The molecule has 2 fully saturated rings. The number of hydrogen-bond acceptors (Lipinski definition) is 13. The standard InChI is InChI=1S/C43H63N7O11/c1-26(51)46-25-36(53)48-30(8-5-6-10-35(44)45)40(54)47-24-29-22-27(31(52)9-7-19-59-21-20-57-3)14-17-50(29)41(55)60-33-13-15-43(56)34-23-28-11-12-32(58-4)38-37(28)42(43,39(33)61-38)16-18-49(34)2/h11-13,27,29-30,34,39,56H,5-10,14-25H2,1-4H3,(H3,44,45)(H,46,51)(H,47,54)(H,48,53)/t27?,29?,30-,34+,39-,42-,43+/m0/s1. The lowest BCUT2D eigenvalue weighted by molar-refractivity contribution is -0.163. The van der Waals surface area contributed by atoms with E-state index < -0.39 is 53.0 Å². The quantitative estimate of drug-likeness (QED) is 0.0584. The zero-order valence-corrected chi connectivity index (χ0v) is 35.8. The van der Waals surface area contributed by atoms with Gasteiger partial charge < -0.3 is 60.3 Å². The van der Waals surface area contributed by atoms with Crippen molar-refractivity contribution in [3.63, 3.8) is 0 Å². The molecule has 0 aromatic heterocycles. The second kappa shape index (κ2) is 19.9. The Bertz CT molecular complexity index is 1860. The number of likely N-dealkylation sites (N-methyl/N-ethyl adjacent to an activating group) is 1. The lowest BCUT2D eigenvalue weighted by atomic mass is 9.50. The van der Waals surface area contributed by atoms with Crippen LogP contribution in [0, 0.1) is 11.3 Å². The summed E-state index contributed by atoms with van der Waals surface area (Å²) in [4.78, 5) is 69.7. The molecule has 1 aromatic carbocycles. The minimum absolute atomic E-state index is 0.0183. The van der Waals surface area contributed by atoms with Crippen LogP contribution in [0.1, 0.15) is 82.3 Å². The number of amides is 4. The van der Waals surface area contributed by atoms with E-state index in [0.29, 0.717) is 95.0 Å². The van der Waals surface area contributed by atoms with E-state index in [4.69, 9.17) is 34.8 Å². The van der Waals surface area contributed by atoms with Gasteiger partial charge in [-0.1, -0.05) is 12.5 Å². The van der Waals surface area contributed by atoms with Gasteiger partial charge in [0.1, 0.15) is 17.6 Å². The average Bonchev–Trinajstić information content (AvgIpc) is 3.59. The summed E-state index contributed by atoms with van der Waals surface area (Å²) < 4.78 is 29.3. The Hall–Kier alpha value is -4.78. The SMILES string of the molecule is COCCOCCCC(=O)C1CCN(C(=O)OC2=CC[C@@]3(O)[C@H]4Cc5ccc(OC)c6c5[C@@]3(CCN4C)[C@H]2O6)C(CNC(=O)[C@H](CCCCC(=N)N)NC(=O)CNC(C)=O)C1. The number of nitrogens with zero attached hydrogens (tertiary/aromatic N) is 2. The van der Waals surface area contributed by atoms with E-state index in [1.54, 1.807) is 25.2 Å². The number of ketones is 1. The van der Waals surface area contributed by atoms with E-state index in [-0.39, 0.29) is 62.5 Å². The van der Waals surface area contributed by atoms with Crippen LogP contribution in [-0.4, -0.2) is 147 Å². The highest BCUT2D eigenvalue weighted by Crippen LogP contribution is 2.65. The molecule has 2 bridgehead atoms. The largest absolute Gasteiger partial charge is 0.493 e. The second-order valence-corrected chi connectivity index (χ2v) is 16.9. The number of aliphatic hydroxyl groups is 1. The molecule has 3 aliphatic heterocycles. The summed E-state index contributed by atoms with van der Waals surface area (Å²) >= 11 is 0. The summed E-state index contributed by atoms with van der Waals surface area (Å²) in [5.41, 5.74) is 5.43. The Labute approximate surface area is 357 Å². The maximum Gasteiger partial charge on any atom is 0.415 e. The number of nitrogens with two attached hydrogens (primary N) is 1. The van der Waals surface area contributed by atoms with E-state index in [1.807, 2.05) is 19.2 Å². The minimum atomic E-state index is -1.19. The molecule has 4 amide bonds. The first-order valence-electron chi connectivity index (χ1n) is 21.5. The molecule has 7 atom stereocenters. The van der Waals surface area contributed by atoms with Crippen LogP contribution >= 0.6 is 0 Å². The highest BCUT2D eigenvalue weighted by Gasteiger charge is 2.72. The molecule has 1 spiro atoms. The van der Waals surface area contributed by atoms with Gasteiger partial charge in [-0.05, 0) is 76.2 Å². The van der Waals surface area contributed by atoms with Gasteiger partial charge >= 0.3 is 6.09 Å². The maximum absolute atomic E-state index is 14.4. The smallest absolute Gasteiger partial charge is 0.415 e. The van der Waals surface area contributed by atoms with Crippen molar-refractivity contribution in [1.82, 2.24) is 25.8 Å². The molecule has 18 nitrogen and oxygen atoms in total. The minimum Gasteiger partial charge on any atom is -0.493 e. The molecule has 61 heavy (non-hydrogen) atoms. The Morgan fingerprint density at radius 3 is 2.61 bits per heavy atom. The molecule has 6 rings (SSSR count). The zero-order valence-electron chi connectivity index (χ0n) is 35.8. The molecule has 7 N–H and O–H groups in total. The van der Waals surface area contributed by atoms with Gasteiger partial charge in [0.2, 0.25) is 17.7 Å². The fourth-order valence-corrected chi connectivity index (χ4v) is 10.0. The van der Waals surface area contributed by atoms with Crippen molar-refractivity contribution < 1.29 is 52.8 Å². The molecule has 0 radical (unpaired) electrons. The number of carbonyl (C=O) groups excluding carboxylic acids is 5. The number of ether oxygens (including phenoxy) is 5. The summed E-state index contributed by atoms with van der Waals surface area (Å²) in [5.74, 6) is -0.383. The number of likely N-dealkylation sites (tertiary alicyclic amines) is 2. The second-order valence-electron chi connectivity index (χ2n) is 16.9. The zero-order chi connectivity index (χ0) is 43.9. The average molecular weight is 854 g/mol. The molecule has 3 heterocycles. The molecule has 1 aromatic rings.